The Morgan fingerprint density at radius 3 is 2.95 bits per heavy atom. The Morgan fingerprint density at radius 1 is 1.37 bits per heavy atom. The van der Waals surface area contributed by atoms with Gasteiger partial charge in [0.1, 0.15) is 11.6 Å². The number of fused-ring (bicyclic) bond motifs is 1. The molecule has 98 valence electrons. The molecule has 0 radical (unpaired) electrons. The van der Waals surface area contributed by atoms with E-state index in [2.05, 4.69) is 32.5 Å². The van der Waals surface area contributed by atoms with E-state index in [0.29, 0.717) is 6.42 Å². The number of benzene rings is 1. The van der Waals surface area contributed by atoms with Crippen molar-refractivity contribution in [2.75, 3.05) is 0 Å². The number of aromatic amines is 1. The summed E-state index contributed by atoms with van der Waals surface area (Å²) in [5.41, 5.74) is 8.35. The summed E-state index contributed by atoms with van der Waals surface area (Å²) in [7, 11) is 0. The molecule has 1 atom stereocenters. The van der Waals surface area contributed by atoms with Crippen molar-refractivity contribution in [3.63, 3.8) is 0 Å². The number of aromatic nitrogens is 4. The number of imidazole rings is 2. The van der Waals surface area contributed by atoms with Crippen molar-refractivity contribution in [2.45, 2.75) is 25.9 Å². The van der Waals surface area contributed by atoms with Gasteiger partial charge in [0, 0.05) is 25.4 Å². The van der Waals surface area contributed by atoms with E-state index in [1.165, 1.54) is 0 Å². The molecule has 2 aromatic heterocycles. The molecule has 0 fully saturated rings. The lowest BCUT2D eigenvalue weighted by molar-refractivity contribution is 0.615. The van der Waals surface area contributed by atoms with E-state index >= 15 is 0 Å². The number of nitrogens with two attached hydrogens (primary N) is 1. The maximum Gasteiger partial charge on any atom is 0.123 e. The maximum absolute atomic E-state index is 6.17. The van der Waals surface area contributed by atoms with Crippen LogP contribution in [-0.2, 0) is 13.0 Å². The molecule has 1 unspecified atom stereocenters. The van der Waals surface area contributed by atoms with E-state index in [1.54, 1.807) is 12.4 Å². The van der Waals surface area contributed by atoms with Crippen molar-refractivity contribution in [2.24, 2.45) is 5.73 Å². The summed E-state index contributed by atoms with van der Waals surface area (Å²) in [6.07, 6.45) is 4.19. The first-order chi connectivity index (χ1) is 9.29. The first-order valence-electron chi connectivity index (χ1n) is 6.48. The molecule has 0 bridgehead atoms. The van der Waals surface area contributed by atoms with Crippen LogP contribution < -0.4 is 5.73 Å². The second-order valence-electron chi connectivity index (χ2n) is 4.55. The Bertz CT molecular complexity index is 668. The highest BCUT2D eigenvalue weighted by Gasteiger charge is 2.15. The topological polar surface area (TPSA) is 72.5 Å². The van der Waals surface area contributed by atoms with Crippen LogP contribution in [0.2, 0.25) is 0 Å². The molecule has 3 aromatic rings. The zero-order valence-corrected chi connectivity index (χ0v) is 10.9. The Hall–Kier alpha value is -2.14. The highest BCUT2D eigenvalue weighted by atomic mass is 15.1. The minimum absolute atomic E-state index is 0.155. The van der Waals surface area contributed by atoms with Crippen molar-refractivity contribution in [1.82, 2.24) is 19.5 Å². The van der Waals surface area contributed by atoms with Gasteiger partial charge in [-0.2, -0.15) is 0 Å². The van der Waals surface area contributed by atoms with Crippen LogP contribution in [-0.4, -0.2) is 19.5 Å². The number of nitrogens with one attached hydrogen (secondary N) is 1. The SMILES string of the molecule is CCn1c(CC(N)c2ncc[nH]2)nc2ccccc21. The van der Waals surface area contributed by atoms with Gasteiger partial charge in [0.25, 0.3) is 0 Å². The lowest BCUT2D eigenvalue weighted by Crippen LogP contribution is -2.17. The molecule has 3 rings (SSSR count). The molecule has 5 heteroatoms. The molecule has 0 amide bonds. The molecule has 0 aliphatic rings. The van der Waals surface area contributed by atoms with Gasteiger partial charge < -0.3 is 15.3 Å². The summed E-state index contributed by atoms with van der Waals surface area (Å²) in [6, 6.07) is 8.01. The standard InChI is InChI=1S/C14H17N5/c1-2-19-12-6-4-3-5-11(12)18-13(19)9-10(15)14-16-7-8-17-14/h3-8,10H,2,9,15H2,1H3,(H,16,17). The number of hydrogen-bond acceptors (Lipinski definition) is 3. The summed E-state index contributed by atoms with van der Waals surface area (Å²) in [4.78, 5) is 11.9. The van der Waals surface area contributed by atoms with Crippen LogP contribution in [0.4, 0.5) is 0 Å². The molecule has 0 aliphatic heterocycles. The fourth-order valence-corrected chi connectivity index (χ4v) is 2.41. The van der Waals surface area contributed by atoms with Crippen molar-refractivity contribution < 1.29 is 0 Å². The minimum atomic E-state index is -0.155. The van der Waals surface area contributed by atoms with Gasteiger partial charge in [-0.15, -0.1) is 0 Å². The highest BCUT2D eigenvalue weighted by molar-refractivity contribution is 5.75. The summed E-state index contributed by atoms with van der Waals surface area (Å²) in [5.74, 6) is 1.81. The largest absolute Gasteiger partial charge is 0.347 e. The van der Waals surface area contributed by atoms with E-state index in [1.807, 2.05) is 18.2 Å². The van der Waals surface area contributed by atoms with Crippen molar-refractivity contribution >= 4 is 11.0 Å². The average Bonchev–Trinajstić information content (AvgIpc) is 3.05. The van der Waals surface area contributed by atoms with E-state index in [4.69, 9.17) is 5.73 Å². The second kappa shape index (κ2) is 4.85. The maximum atomic E-state index is 6.17. The Kier molecular flexibility index (Phi) is 3.05. The average molecular weight is 255 g/mol. The Balaban J connectivity index is 1.96. The predicted molar refractivity (Wildman–Crippen MR) is 74.6 cm³/mol. The van der Waals surface area contributed by atoms with Gasteiger partial charge in [0.05, 0.1) is 17.1 Å². The quantitative estimate of drug-likeness (QED) is 0.749. The normalized spacial score (nSPS) is 12.9. The monoisotopic (exact) mass is 255 g/mol. The molecular weight excluding hydrogens is 238 g/mol. The van der Waals surface area contributed by atoms with Crippen molar-refractivity contribution in [3.05, 3.63) is 48.3 Å². The summed E-state index contributed by atoms with van der Waals surface area (Å²) in [5, 5.41) is 0. The van der Waals surface area contributed by atoms with Crippen molar-refractivity contribution in [1.29, 1.82) is 0 Å². The van der Waals surface area contributed by atoms with Gasteiger partial charge in [-0.3, -0.25) is 0 Å². The lowest BCUT2D eigenvalue weighted by Gasteiger charge is -2.10. The number of aryl methyl sites for hydroxylation is 1. The highest BCUT2D eigenvalue weighted by Crippen LogP contribution is 2.19. The van der Waals surface area contributed by atoms with Crippen LogP contribution in [0, 0.1) is 0 Å². The van der Waals surface area contributed by atoms with Gasteiger partial charge in [-0.1, -0.05) is 12.1 Å². The smallest absolute Gasteiger partial charge is 0.123 e. The summed E-state index contributed by atoms with van der Waals surface area (Å²) >= 11 is 0. The molecule has 5 nitrogen and oxygen atoms in total. The van der Waals surface area contributed by atoms with Gasteiger partial charge in [-0.05, 0) is 19.1 Å². The zero-order valence-electron chi connectivity index (χ0n) is 10.9. The van der Waals surface area contributed by atoms with Gasteiger partial charge in [0.15, 0.2) is 0 Å². The van der Waals surface area contributed by atoms with Crippen LogP contribution in [0.15, 0.2) is 36.7 Å². The van der Waals surface area contributed by atoms with Gasteiger partial charge in [-0.25, -0.2) is 9.97 Å². The summed E-state index contributed by atoms with van der Waals surface area (Å²) in [6.45, 7) is 3.01. The second-order valence-corrected chi connectivity index (χ2v) is 4.55. The Morgan fingerprint density at radius 2 is 2.21 bits per heavy atom. The number of hydrogen-bond donors (Lipinski definition) is 2. The molecule has 3 N–H and O–H groups in total. The number of rotatable bonds is 4. The predicted octanol–water partition coefficient (Wildman–Crippen LogP) is 2.02. The molecule has 0 spiro atoms. The van der Waals surface area contributed by atoms with Gasteiger partial charge in [0.2, 0.25) is 0 Å². The molecule has 0 aliphatic carbocycles. The molecule has 0 saturated heterocycles. The van der Waals surface area contributed by atoms with Crippen LogP contribution in [0.3, 0.4) is 0 Å². The third kappa shape index (κ3) is 2.13. The minimum Gasteiger partial charge on any atom is -0.347 e. The van der Waals surface area contributed by atoms with E-state index in [0.717, 1.165) is 29.2 Å². The first kappa shape index (κ1) is 11.9. The third-order valence-electron chi connectivity index (χ3n) is 3.32. The molecule has 1 aromatic carbocycles. The lowest BCUT2D eigenvalue weighted by atomic mass is 10.2. The van der Waals surface area contributed by atoms with Crippen LogP contribution in [0.25, 0.3) is 11.0 Å². The van der Waals surface area contributed by atoms with Crippen LogP contribution in [0.5, 0.6) is 0 Å². The number of nitrogens with zero attached hydrogens (tertiary/aromatic N) is 3. The van der Waals surface area contributed by atoms with Crippen LogP contribution >= 0.6 is 0 Å². The van der Waals surface area contributed by atoms with Crippen LogP contribution in [0.1, 0.15) is 24.6 Å². The zero-order chi connectivity index (χ0) is 13.2. The fraction of sp³-hybridized carbons (Fsp3) is 0.286. The molecular formula is C14H17N5. The fourth-order valence-electron chi connectivity index (χ4n) is 2.41. The molecule has 2 heterocycles. The van der Waals surface area contributed by atoms with E-state index < -0.39 is 0 Å². The van der Waals surface area contributed by atoms with Gasteiger partial charge >= 0.3 is 0 Å². The first-order valence-corrected chi connectivity index (χ1v) is 6.48. The van der Waals surface area contributed by atoms with Crippen molar-refractivity contribution in [3.8, 4) is 0 Å². The molecule has 0 saturated carbocycles. The third-order valence-corrected chi connectivity index (χ3v) is 3.32. The summed E-state index contributed by atoms with van der Waals surface area (Å²) < 4.78 is 2.21. The van der Waals surface area contributed by atoms with E-state index in [-0.39, 0.29) is 6.04 Å². The number of para-hydroxylation sites is 2. The van der Waals surface area contributed by atoms with E-state index in [9.17, 15) is 0 Å². The Labute approximate surface area is 111 Å². The number of H-pyrrole nitrogens is 1. The molecule has 19 heavy (non-hydrogen) atoms.